The van der Waals surface area contributed by atoms with Gasteiger partial charge in [-0.2, -0.15) is 0 Å². The Labute approximate surface area is 175 Å². The molecule has 0 radical (unpaired) electrons. The normalized spacial score (nSPS) is 20.3. The molecule has 1 aliphatic heterocycles. The third-order valence-electron chi connectivity index (χ3n) is 5.60. The summed E-state index contributed by atoms with van der Waals surface area (Å²) in [6.07, 6.45) is 7.42. The molecular weight excluding hydrogens is 424 g/mol. The number of halogens is 1. The van der Waals surface area contributed by atoms with E-state index < -0.39 is 0 Å². The van der Waals surface area contributed by atoms with Crippen LogP contribution in [0, 0.1) is 5.92 Å². The first-order valence-electron chi connectivity index (χ1n) is 10.0. The minimum Gasteiger partial charge on any atom is -0.353 e. The van der Waals surface area contributed by atoms with Crippen LogP contribution in [0.15, 0.2) is 33.6 Å². The molecular formula is C21H29BrN2O2S. The summed E-state index contributed by atoms with van der Waals surface area (Å²) >= 11 is 5.04. The van der Waals surface area contributed by atoms with Crippen LogP contribution in [0.4, 0.5) is 0 Å². The molecule has 1 N–H and O–H groups in total. The maximum absolute atomic E-state index is 12.8. The molecule has 0 spiro atoms. The van der Waals surface area contributed by atoms with Crippen molar-refractivity contribution in [1.29, 1.82) is 0 Å². The van der Waals surface area contributed by atoms with E-state index >= 15 is 0 Å². The van der Waals surface area contributed by atoms with Gasteiger partial charge >= 0.3 is 0 Å². The predicted octanol–water partition coefficient (Wildman–Crippen LogP) is 4.62. The fourth-order valence-corrected chi connectivity index (χ4v) is 5.17. The third kappa shape index (κ3) is 5.98. The number of carbonyl (C=O) groups is 2. The van der Waals surface area contributed by atoms with Gasteiger partial charge in [0.1, 0.15) is 0 Å². The van der Waals surface area contributed by atoms with Gasteiger partial charge in [-0.1, -0.05) is 35.2 Å². The second kappa shape index (κ2) is 9.97. The van der Waals surface area contributed by atoms with E-state index in [4.69, 9.17) is 0 Å². The summed E-state index contributed by atoms with van der Waals surface area (Å²) in [7, 11) is 0. The Hall–Kier alpha value is -1.01. The van der Waals surface area contributed by atoms with Gasteiger partial charge in [0.25, 0.3) is 0 Å². The lowest BCUT2D eigenvalue weighted by Crippen LogP contribution is -2.49. The fourth-order valence-electron chi connectivity index (χ4n) is 3.95. The average molecular weight is 453 g/mol. The van der Waals surface area contributed by atoms with E-state index in [0.717, 1.165) is 48.1 Å². The zero-order chi connectivity index (χ0) is 19.2. The van der Waals surface area contributed by atoms with Gasteiger partial charge in [0.05, 0.1) is 5.25 Å². The van der Waals surface area contributed by atoms with Gasteiger partial charge < -0.3 is 10.2 Å². The second-order valence-corrected chi connectivity index (χ2v) is 9.99. The molecule has 148 valence electrons. The molecule has 1 atom stereocenters. The van der Waals surface area contributed by atoms with Gasteiger partial charge in [-0.25, -0.2) is 0 Å². The van der Waals surface area contributed by atoms with Gasteiger partial charge in [-0.3, -0.25) is 9.59 Å². The molecule has 1 saturated heterocycles. The molecule has 2 aliphatic rings. The minimum absolute atomic E-state index is 0.0976. The van der Waals surface area contributed by atoms with Crippen LogP contribution in [0.5, 0.6) is 0 Å². The molecule has 6 heteroatoms. The van der Waals surface area contributed by atoms with Crippen molar-refractivity contribution in [2.45, 2.75) is 68.1 Å². The summed E-state index contributed by atoms with van der Waals surface area (Å²) in [5.41, 5.74) is 0. The lowest BCUT2D eigenvalue weighted by molar-refractivity contribution is -0.131. The van der Waals surface area contributed by atoms with Crippen LogP contribution in [0.1, 0.15) is 51.9 Å². The molecule has 1 heterocycles. The van der Waals surface area contributed by atoms with Crippen LogP contribution in [-0.4, -0.2) is 41.1 Å². The van der Waals surface area contributed by atoms with Crippen molar-refractivity contribution in [3.8, 4) is 0 Å². The van der Waals surface area contributed by atoms with Crippen molar-refractivity contribution in [3.63, 3.8) is 0 Å². The lowest BCUT2D eigenvalue weighted by Gasteiger charge is -2.34. The number of benzene rings is 1. The van der Waals surface area contributed by atoms with Crippen LogP contribution >= 0.6 is 27.7 Å². The number of rotatable bonds is 5. The van der Waals surface area contributed by atoms with Crippen molar-refractivity contribution in [1.82, 2.24) is 10.2 Å². The average Bonchev–Trinajstić information content (AvgIpc) is 2.70. The Balaban J connectivity index is 1.43. The second-order valence-electron chi connectivity index (χ2n) is 7.66. The highest BCUT2D eigenvalue weighted by atomic mass is 79.9. The highest BCUT2D eigenvalue weighted by Gasteiger charge is 2.29. The van der Waals surface area contributed by atoms with Gasteiger partial charge in [0.15, 0.2) is 0 Å². The molecule has 1 aromatic rings. The van der Waals surface area contributed by atoms with Gasteiger partial charge in [-0.15, -0.1) is 11.8 Å². The Morgan fingerprint density at radius 1 is 1.07 bits per heavy atom. The number of nitrogens with one attached hydrogen (secondary N) is 1. The van der Waals surface area contributed by atoms with E-state index in [-0.39, 0.29) is 29.0 Å². The van der Waals surface area contributed by atoms with Gasteiger partial charge in [0, 0.05) is 34.4 Å². The Bertz CT molecular complexity index is 638. The fraction of sp³-hybridized carbons (Fsp3) is 0.619. The summed E-state index contributed by atoms with van der Waals surface area (Å²) < 4.78 is 1.04. The van der Waals surface area contributed by atoms with Crippen LogP contribution in [0.2, 0.25) is 0 Å². The minimum atomic E-state index is -0.0976. The number of amides is 2. The number of hydrogen-bond acceptors (Lipinski definition) is 3. The predicted molar refractivity (Wildman–Crippen MR) is 114 cm³/mol. The van der Waals surface area contributed by atoms with E-state index in [1.165, 1.54) is 19.3 Å². The highest BCUT2D eigenvalue weighted by molar-refractivity contribution is 9.10. The van der Waals surface area contributed by atoms with E-state index in [0.29, 0.717) is 0 Å². The van der Waals surface area contributed by atoms with Crippen molar-refractivity contribution < 1.29 is 9.59 Å². The molecule has 1 unspecified atom stereocenters. The summed E-state index contributed by atoms with van der Waals surface area (Å²) in [4.78, 5) is 28.2. The molecule has 0 bridgehead atoms. The number of carbonyl (C=O) groups excluding carboxylic acids is 2. The highest BCUT2D eigenvalue weighted by Crippen LogP contribution is 2.27. The summed E-state index contributed by atoms with van der Waals surface area (Å²) in [6.45, 7) is 3.45. The molecule has 0 aromatic heterocycles. The molecule has 1 aliphatic carbocycles. The first-order chi connectivity index (χ1) is 13.0. The number of likely N-dealkylation sites (tertiary alicyclic amines) is 1. The zero-order valence-electron chi connectivity index (χ0n) is 16.0. The van der Waals surface area contributed by atoms with E-state index in [1.807, 2.05) is 36.1 Å². The monoisotopic (exact) mass is 452 g/mol. The first kappa shape index (κ1) is 20.7. The molecule has 1 saturated carbocycles. The van der Waals surface area contributed by atoms with E-state index in [1.54, 1.807) is 11.8 Å². The Kier molecular flexibility index (Phi) is 7.65. The largest absolute Gasteiger partial charge is 0.353 e. The summed E-state index contributed by atoms with van der Waals surface area (Å²) in [5, 5.41) is 3.14. The van der Waals surface area contributed by atoms with Crippen LogP contribution < -0.4 is 5.32 Å². The van der Waals surface area contributed by atoms with E-state index in [2.05, 4.69) is 21.2 Å². The summed E-state index contributed by atoms with van der Waals surface area (Å²) in [5.74, 6) is 0.638. The Morgan fingerprint density at radius 2 is 1.70 bits per heavy atom. The SMILES string of the molecule is CC(Sc1ccc(Br)cc1)C(=O)N1CCC(NC(=O)C2CCCCC2)CC1. The van der Waals surface area contributed by atoms with Gasteiger partial charge in [-0.05, 0) is 56.9 Å². The lowest BCUT2D eigenvalue weighted by atomic mass is 9.88. The molecule has 2 fully saturated rings. The summed E-state index contributed by atoms with van der Waals surface area (Å²) in [6, 6.07) is 8.29. The van der Waals surface area contributed by atoms with Crippen molar-refractivity contribution in [2.75, 3.05) is 13.1 Å². The number of hydrogen-bond donors (Lipinski definition) is 1. The standard InChI is InChI=1S/C21H29BrN2O2S/c1-15(27-19-9-7-17(22)8-10-19)21(26)24-13-11-18(12-14-24)23-20(25)16-5-3-2-4-6-16/h7-10,15-16,18H,2-6,11-14H2,1H3,(H,23,25). The Morgan fingerprint density at radius 3 is 2.33 bits per heavy atom. The van der Waals surface area contributed by atoms with Crippen LogP contribution in [0.3, 0.4) is 0 Å². The quantitative estimate of drug-likeness (QED) is 0.663. The zero-order valence-corrected chi connectivity index (χ0v) is 18.4. The third-order valence-corrected chi connectivity index (χ3v) is 7.23. The molecule has 4 nitrogen and oxygen atoms in total. The van der Waals surface area contributed by atoms with Gasteiger partial charge in [0.2, 0.25) is 11.8 Å². The molecule has 1 aromatic carbocycles. The van der Waals surface area contributed by atoms with Crippen LogP contribution in [-0.2, 0) is 9.59 Å². The topological polar surface area (TPSA) is 49.4 Å². The molecule has 3 rings (SSSR count). The maximum Gasteiger partial charge on any atom is 0.235 e. The van der Waals surface area contributed by atoms with Crippen molar-refractivity contribution in [2.24, 2.45) is 5.92 Å². The van der Waals surface area contributed by atoms with Crippen molar-refractivity contribution in [3.05, 3.63) is 28.7 Å². The first-order valence-corrected chi connectivity index (χ1v) is 11.7. The van der Waals surface area contributed by atoms with Crippen molar-refractivity contribution >= 4 is 39.5 Å². The smallest absolute Gasteiger partial charge is 0.235 e. The number of thioether (sulfide) groups is 1. The number of nitrogens with zero attached hydrogens (tertiary/aromatic N) is 1. The van der Waals surface area contributed by atoms with Crippen LogP contribution in [0.25, 0.3) is 0 Å². The molecule has 27 heavy (non-hydrogen) atoms. The number of piperidine rings is 1. The van der Waals surface area contributed by atoms with E-state index in [9.17, 15) is 9.59 Å². The molecule has 2 amide bonds. The maximum atomic E-state index is 12.8.